The number of rotatable bonds is 2. The zero-order valence-corrected chi connectivity index (χ0v) is 13.1. The summed E-state index contributed by atoms with van der Waals surface area (Å²) < 4.78 is 0. The minimum absolute atomic E-state index is 0.258. The first-order chi connectivity index (χ1) is 8.91. The van der Waals surface area contributed by atoms with Crippen molar-refractivity contribution in [3.63, 3.8) is 0 Å². The first-order valence-electron chi connectivity index (χ1n) is 7.42. The summed E-state index contributed by atoms with van der Waals surface area (Å²) in [5.74, 6) is 0. The van der Waals surface area contributed by atoms with Crippen LogP contribution in [-0.2, 0) is 0 Å². The van der Waals surface area contributed by atoms with Crippen molar-refractivity contribution in [2.75, 3.05) is 26.2 Å². The van der Waals surface area contributed by atoms with Crippen LogP contribution in [-0.4, -0.2) is 31.1 Å². The monoisotopic (exact) mass is 260 g/mol. The van der Waals surface area contributed by atoms with Gasteiger partial charge in [0.15, 0.2) is 0 Å². The minimum atomic E-state index is 0.258. The molecule has 1 atom stereocenters. The largest absolute Gasteiger partial charge is 0.314 e. The molecule has 1 heterocycles. The number of hydrogen-bond acceptors (Lipinski definition) is 2. The maximum Gasteiger partial charge on any atom is 0.0402 e. The second kappa shape index (κ2) is 5.64. The van der Waals surface area contributed by atoms with E-state index in [-0.39, 0.29) is 5.41 Å². The molecule has 0 bridgehead atoms. The molecule has 2 nitrogen and oxygen atoms in total. The molecular weight excluding hydrogens is 232 g/mol. The fraction of sp³-hybridized carbons (Fsp3) is 0.647. The van der Waals surface area contributed by atoms with Crippen molar-refractivity contribution < 1.29 is 0 Å². The zero-order chi connectivity index (χ0) is 14.0. The molecule has 0 aliphatic carbocycles. The van der Waals surface area contributed by atoms with Gasteiger partial charge in [-0.3, -0.25) is 4.90 Å². The molecule has 1 aliphatic rings. The molecule has 1 aromatic rings. The molecule has 19 heavy (non-hydrogen) atoms. The van der Waals surface area contributed by atoms with E-state index < -0.39 is 0 Å². The molecule has 1 fully saturated rings. The highest BCUT2D eigenvalue weighted by molar-refractivity contribution is 5.37. The molecule has 106 valence electrons. The van der Waals surface area contributed by atoms with Gasteiger partial charge in [0.05, 0.1) is 0 Å². The molecule has 0 aromatic heterocycles. The van der Waals surface area contributed by atoms with Crippen molar-refractivity contribution in [2.45, 2.75) is 40.7 Å². The van der Waals surface area contributed by atoms with Gasteiger partial charge in [-0.15, -0.1) is 0 Å². The Hall–Kier alpha value is -0.860. The van der Waals surface area contributed by atoms with Crippen LogP contribution < -0.4 is 5.32 Å². The summed E-state index contributed by atoms with van der Waals surface area (Å²) in [6.45, 7) is 16.1. The fourth-order valence-electron chi connectivity index (χ4n) is 3.36. The Labute approximate surface area is 118 Å². The maximum atomic E-state index is 3.46. The van der Waals surface area contributed by atoms with Gasteiger partial charge in [0.1, 0.15) is 0 Å². The summed E-state index contributed by atoms with van der Waals surface area (Å²) in [5.41, 5.74) is 4.66. The predicted molar refractivity (Wildman–Crippen MR) is 82.6 cm³/mol. The molecule has 2 heteroatoms. The van der Waals surface area contributed by atoms with Gasteiger partial charge in [-0.1, -0.05) is 39.0 Å². The van der Waals surface area contributed by atoms with Crippen molar-refractivity contribution >= 4 is 0 Å². The van der Waals surface area contributed by atoms with Gasteiger partial charge in [-0.05, 0) is 36.0 Å². The summed E-state index contributed by atoms with van der Waals surface area (Å²) >= 11 is 0. The van der Waals surface area contributed by atoms with Gasteiger partial charge in [0.2, 0.25) is 0 Å². The van der Waals surface area contributed by atoms with Gasteiger partial charge < -0.3 is 5.32 Å². The Balaban J connectivity index is 2.43. The van der Waals surface area contributed by atoms with E-state index in [1.54, 1.807) is 0 Å². The Morgan fingerprint density at radius 1 is 1.05 bits per heavy atom. The van der Waals surface area contributed by atoms with Gasteiger partial charge >= 0.3 is 0 Å². The van der Waals surface area contributed by atoms with Gasteiger partial charge in [-0.25, -0.2) is 0 Å². The zero-order valence-electron chi connectivity index (χ0n) is 13.1. The predicted octanol–water partition coefficient (Wildman–Crippen LogP) is 3.30. The van der Waals surface area contributed by atoms with E-state index in [9.17, 15) is 0 Å². The van der Waals surface area contributed by atoms with Crippen LogP contribution in [0.5, 0.6) is 0 Å². The lowest BCUT2D eigenvalue weighted by Gasteiger charge is -2.43. The van der Waals surface area contributed by atoms with E-state index in [0.717, 1.165) is 26.2 Å². The molecule has 0 saturated carbocycles. The lowest BCUT2D eigenvalue weighted by Crippen LogP contribution is -2.48. The van der Waals surface area contributed by atoms with E-state index >= 15 is 0 Å². The van der Waals surface area contributed by atoms with Crippen molar-refractivity contribution in [1.29, 1.82) is 0 Å². The first-order valence-corrected chi connectivity index (χ1v) is 7.42. The second-order valence-corrected chi connectivity index (χ2v) is 6.86. The number of piperazine rings is 1. The number of nitrogens with one attached hydrogen (secondary N) is 1. The smallest absolute Gasteiger partial charge is 0.0402 e. The third-order valence-electron chi connectivity index (χ3n) is 4.15. The normalized spacial score (nSPS) is 19.4. The number of benzene rings is 1. The second-order valence-electron chi connectivity index (χ2n) is 6.86. The average molecular weight is 260 g/mol. The van der Waals surface area contributed by atoms with Crippen LogP contribution in [0.25, 0.3) is 0 Å². The number of aryl methyl sites for hydroxylation is 2. The van der Waals surface area contributed by atoms with E-state index in [1.165, 1.54) is 16.7 Å². The SMILES string of the molecule is Cc1cccc(C)c1[C@@H](N1CCNCC1)C(C)(C)C. The molecule has 1 aromatic carbocycles. The van der Waals surface area contributed by atoms with Crippen molar-refractivity contribution in [2.24, 2.45) is 5.41 Å². The van der Waals surface area contributed by atoms with Crippen molar-refractivity contribution in [3.05, 3.63) is 34.9 Å². The summed E-state index contributed by atoms with van der Waals surface area (Å²) in [4.78, 5) is 2.66. The summed E-state index contributed by atoms with van der Waals surface area (Å²) in [6.07, 6.45) is 0. The molecule has 0 radical (unpaired) electrons. The average Bonchev–Trinajstić information content (AvgIpc) is 2.33. The van der Waals surface area contributed by atoms with Gasteiger partial charge in [0.25, 0.3) is 0 Å². The highest BCUT2D eigenvalue weighted by atomic mass is 15.2. The van der Waals surface area contributed by atoms with Crippen LogP contribution in [0, 0.1) is 19.3 Å². The molecule has 1 N–H and O–H groups in total. The third-order valence-corrected chi connectivity index (χ3v) is 4.15. The standard InChI is InChI=1S/C17H28N2/c1-13-7-6-8-14(2)15(13)16(17(3,4)5)19-11-9-18-10-12-19/h6-8,16,18H,9-12H2,1-5H3/t16-/m1/s1. The van der Waals surface area contributed by atoms with Crippen LogP contribution in [0.4, 0.5) is 0 Å². The molecule has 1 saturated heterocycles. The van der Waals surface area contributed by atoms with Gasteiger partial charge in [-0.2, -0.15) is 0 Å². The Morgan fingerprint density at radius 3 is 2.05 bits per heavy atom. The summed E-state index contributed by atoms with van der Waals surface area (Å²) in [5, 5.41) is 3.46. The summed E-state index contributed by atoms with van der Waals surface area (Å²) in [6, 6.07) is 7.19. The van der Waals surface area contributed by atoms with Crippen molar-refractivity contribution in [1.82, 2.24) is 10.2 Å². The van der Waals surface area contributed by atoms with E-state index in [0.29, 0.717) is 6.04 Å². The van der Waals surface area contributed by atoms with Crippen LogP contribution >= 0.6 is 0 Å². The first kappa shape index (κ1) is 14.5. The quantitative estimate of drug-likeness (QED) is 0.878. The van der Waals surface area contributed by atoms with Crippen LogP contribution in [0.15, 0.2) is 18.2 Å². The molecule has 0 unspecified atom stereocenters. The third kappa shape index (κ3) is 3.18. The lowest BCUT2D eigenvalue weighted by atomic mass is 9.78. The number of nitrogens with zero attached hydrogens (tertiary/aromatic N) is 1. The van der Waals surface area contributed by atoms with Crippen LogP contribution in [0.1, 0.15) is 43.5 Å². The maximum absolute atomic E-state index is 3.46. The Bertz CT molecular complexity index is 405. The topological polar surface area (TPSA) is 15.3 Å². The Morgan fingerprint density at radius 2 is 1.58 bits per heavy atom. The molecule has 2 rings (SSSR count). The summed E-state index contributed by atoms with van der Waals surface area (Å²) in [7, 11) is 0. The van der Waals surface area contributed by atoms with Crippen LogP contribution in [0.3, 0.4) is 0 Å². The van der Waals surface area contributed by atoms with E-state index in [1.807, 2.05) is 0 Å². The highest BCUT2D eigenvalue weighted by Crippen LogP contribution is 2.40. The fourth-order valence-corrected chi connectivity index (χ4v) is 3.36. The van der Waals surface area contributed by atoms with E-state index in [2.05, 4.69) is 63.0 Å². The molecule has 1 aliphatic heterocycles. The number of hydrogen-bond donors (Lipinski definition) is 1. The van der Waals surface area contributed by atoms with Crippen molar-refractivity contribution in [3.8, 4) is 0 Å². The lowest BCUT2D eigenvalue weighted by molar-refractivity contribution is 0.0853. The molecule has 0 amide bonds. The Kier molecular flexibility index (Phi) is 4.32. The van der Waals surface area contributed by atoms with Crippen LogP contribution in [0.2, 0.25) is 0 Å². The highest BCUT2D eigenvalue weighted by Gasteiger charge is 2.34. The molecular formula is C17H28N2. The van der Waals surface area contributed by atoms with Gasteiger partial charge in [0, 0.05) is 32.2 Å². The van der Waals surface area contributed by atoms with E-state index in [4.69, 9.17) is 0 Å². The minimum Gasteiger partial charge on any atom is -0.314 e. The molecule has 0 spiro atoms.